The van der Waals surface area contributed by atoms with E-state index in [1.165, 1.54) is 0 Å². The molecule has 1 aromatic carbocycles. The van der Waals surface area contributed by atoms with Gasteiger partial charge in [0.05, 0.1) is 0 Å². The first-order valence-corrected chi connectivity index (χ1v) is 7.24. The van der Waals surface area contributed by atoms with Crippen molar-refractivity contribution in [2.45, 2.75) is 20.0 Å². The number of aliphatic hydroxyl groups is 1. The van der Waals surface area contributed by atoms with E-state index < -0.39 is 12.7 Å². The Morgan fingerprint density at radius 3 is 2.62 bits per heavy atom. The molecular weight excluding hydrogens is 270 g/mol. The highest BCUT2D eigenvalue weighted by Crippen LogP contribution is 2.27. The van der Waals surface area contributed by atoms with Gasteiger partial charge in [0.15, 0.2) is 5.78 Å². The second kappa shape index (κ2) is 7.22. The summed E-state index contributed by atoms with van der Waals surface area (Å²) in [6.07, 6.45) is 0.407. The predicted octanol–water partition coefficient (Wildman–Crippen LogP) is 1.84. The molecule has 2 atom stereocenters. The molecule has 5 heteroatoms. The van der Waals surface area contributed by atoms with Gasteiger partial charge in [0.2, 0.25) is 0 Å². The third-order valence-corrected chi connectivity index (χ3v) is 4.00. The summed E-state index contributed by atoms with van der Waals surface area (Å²) in [4.78, 5) is 25.3. The molecule has 114 valence electrons. The minimum absolute atomic E-state index is 0.105. The number of amides is 1. The molecule has 1 aromatic rings. The first kappa shape index (κ1) is 15.5. The number of hydrogen-bond acceptors (Lipinski definition) is 4. The van der Waals surface area contributed by atoms with E-state index in [9.17, 15) is 9.59 Å². The van der Waals surface area contributed by atoms with Crippen LogP contribution in [0, 0.1) is 11.8 Å². The Hall–Kier alpha value is -1.88. The van der Waals surface area contributed by atoms with Gasteiger partial charge in [-0.25, -0.2) is 4.79 Å². The lowest BCUT2D eigenvalue weighted by atomic mass is 9.90. The molecule has 0 aromatic heterocycles. The van der Waals surface area contributed by atoms with Crippen molar-refractivity contribution in [3.8, 4) is 0 Å². The van der Waals surface area contributed by atoms with Gasteiger partial charge in [-0.3, -0.25) is 4.79 Å². The number of hydrogen-bond donors (Lipinski definition) is 1. The Kier molecular flexibility index (Phi) is 5.33. The molecule has 1 saturated heterocycles. The molecule has 0 bridgehead atoms. The summed E-state index contributed by atoms with van der Waals surface area (Å²) < 4.78 is 5.28. The number of ether oxygens (including phenoxy) is 1. The summed E-state index contributed by atoms with van der Waals surface area (Å²) in [5, 5.41) is 9.00. The number of benzene rings is 1. The van der Waals surface area contributed by atoms with Crippen LogP contribution >= 0.6 is 0 Å². The number of Topliss-reactive ketones (excluding diaryl/α,β-unsaturated/α-hetero) is 1. The minimum atomic E-state index is -0.464. The number of likely N-dealkylation sites (tertiary alicyclic amines) is 1. The fourth-order valence-electron chi connectivity index (χ4n) is 2.73. The number of rotatable bonds is 5. The molecule has 1 aliphatic rings. The molecule has 0 radical (unpaired) electrons. The zero-order valence-electron chi connectivity index (χ0n) is 12.2. The van der Waals surface area contributed by atoms with E-state index in [1.807, 2.05) is 37.3 Å². The van der Waals surface area contributed by atoms with Crippen LogP contribution in [-0.2, 0) is 16.1 Å². The van der Waals surface area contributed by atoms with E-state index >= 15 is 0 Å². The Labute approximate surface area is 124 Å². The van der Waals surface area contributed by atoms with Crippen LogP contribution < -0.4 is 0 Å². The second-order valence-electron chi connectivity index (χ2n) is 5.34. The summed E-state index contributed by atoms with van der Waals surface area (Å²) in [5.74, 6) is -0.363. The van der Waals surface area contributed by atoms with Gasteiger partial charge in [-0.15, -0.1) is 0 Å². The fraction of sp³-hybridized carbons (Fsp3) is 0.500. The first-order valence-electron chi connectivity index (χ1n) is 7.24. The molecule has 1 aliphatic heterocycles. The molecule has 5 nitrogen and oxygen atoms in total. The van der Waals surface area contributed by atoms with Gasteiger partial charge in [0, 0.05) is 19.0 Å². The maximum absolute atomic E-state index is 12.1. The van der Waals surface area contributed by atoms with E-state index in [0.717, 1.165) is 12.0 Å². The topological polar surface area (TPSA) is 66.8 Å². The van der Waals surface area contributed by atoms with Crippen LogP contribution in [0.2, 0.25) is 0 Å². The maximum atomic E-state index is 12.1. The van der Waals surface area contributed by atoms with Crippen molar-refractivity contribution < 1.29 is 19.4 Å². The van der Waals surface area contributed by atoms with Gasteiger partial charge in [0.25, 0.3) is 0 Å². The maximum Gasteiger partial charge on any atom is 0.410 e. The van der Waals surface area contributed by atoms with Crippen molar-refractivity contribution in [3.63, 3.8) is 0 Å². The van der Waals surface area contributed by atoms with Gasteiger partial charge in [-0.05, 0) is 11.5 Å². The van der Waals surface area contributed by atoms with E-state index in [0.29, 0.717) is 13.1 Å². The Balaban J connectivity index is 1.90. The van der Waals surface area contributed by atoms with Crippen molar-refractivity contribution in [1.29, 1.82) is 0 Å². The van der Waals surface area contributed by atoms with Crippen LogP contribution in [0.3, 0.4) is 0 Å². The molecule has 1 N–H and O–H groups in total. The van der Waals surface area contributed by atoms with Crippen molar-refractivity contribution in [2.75, 3.05) is 19.7 Å². The fourth-order valence-corrected chi connectivity index (χ4v) is 2.73. The Morgan fingerprint density at radius 1 is 1.29 bits per heavy atom. The van der Waals surface area contributed by atoms with Gasteiger partial charge >= 0.3 is 6.09 Å². The molecule has 0 spiro atoms. The molecular formula is C16H21NO4. The summed E-state index contributed by atoms with van der Waals surface area (Å²) in [6, 6.07) is 9.47. The van der Waals surface area contributed by atoms with Crippen LogP contribution in [0.1, 0.15) is 18.9 Å². The summed E-state index contributed by atoms with van der Waals surface area (Å²) in [6.45, 7) is 2.60. The quantitative estimate of drug-likeness (QED) is 0.899. The molecule has 1 amide bonds. The second-order valence-corrected chi connectivity index (χ2v) is 5.34. The van der Waals surface area contributed by atoms with E-state index in [4.69, 9.17) is 9.84 Å². The van der Waals surface area contributed by atoms with E-state index in [2.05, 4.69) is 0 Å². The molecule has 0 aliphatic carbocycles. The largest absolute Gasteiger partial charge is 0.445 e. The predicted molar refractivity (Wildman–Crippen MR) is 77.6 cm³/mol. The smallest absolute Gasteiger partial charge is 0.410 e. The molecule has 21 heavy (non-hydrogen) atoms. The highest BCUT2D eigenvalue weighted by Gasteiger charge is 2.38. The lowest BCUT2D eigenvalue weighted by Crippen LogP contribution is -2.30. The molecule has 0 saturated carbocycles. The SMILES string of the molecule is CC[C@H]1CN(C(=O)OCc2ccccc2)C[C@H]1C(=O)CO. The van der Waals surface area contributed by atoms with Crippen molar-refractivity contribution in [2.24, 2.45) is 11.8 Å². The third kappa shape index (κ3) is 3.82. The van der Waals surface area contributed by atoms with Gasteiger partial charge in [0.1, 0.15) is 13.2 Å². The van der Waals surface area contributed by atoms with Crippen molar-refractivity contribution in [1.82, 2.24) is 4.90 Å². The van der Waals surface area contributed by atoms with Crippen LogP contribution in [0.4, 0.5) is 4.79 Å². The van der Waals surface area contributed by atoms with Crippen LogP contribution in [-0.4, -0.2) is 41.6 Å². The van der Waals surface area contributed by atoms with Gasteiger partial charge < -0.3 is 14.7 Å². The Morgan fingerprint density at radius 2 is 2.00 bits per heavy atom. The first-order chi connectivity index (χ1) is 10.2. The lowest BCUT2D eigenvalue weighted by Gasteiger charge is -2.16. The van der Waals surface area contributed by atoms with Crippen molar-refractivity contribution >= 4 is 11.9 Å². The average molecular weight is 291 g/mol. The number of carbonyl (C=O) groups excluding carboxylic acids is 2. The third-order valence-electron chi connectivity index (χ3n) is 4.00. The van der Waals surface area contributed by atoms with E-state index in [1.54, 1.807) is 4.90 Å². The molecule has 2 rings (SSSR count). The molecule has 0 unspecified atom stereocenters. The van der Waals surface area contributed by atoms with Crippen LogP contribution in [0.5, 0.6) is 0 Å². The molecule has 1 heterocycles. The summed E-state index contributed by atoms with van der Waals surface area (Å²) in [7, 11) is 0. The van der Waals surface area contributed by atoms with Gasteiger partial charge in [-0.1, -0.05) is 43.7 Å². The monoisotopic (exact) mass is 291 g/mol. The van der Waals surface area contributed by atoms with Crippen molar-refractivity contribution in [3.05, 3.63) is 35.9 Å². The minimum Gasteiger partial charge on any atom is -0.445 e. The summed E-state index contributed by atoms with van der Waals surface area (Å²) >= 11 is 0. The normalized spacial score (nSPS) is 21.3. The number of nitrogens with zero attached hydrogens (tertiary/aromatic N) is 1. The highest BCUT2D eigenvalue weighted by molar-refractivity contribution is 5.83. The standard InChI is InChI=1S/C16H21NO4/c1-2-13-8-17(9-14(13)15(19)10-18)16(20)21-11-12-6-4-3-5-7-12/h3-7,13-14,18H,2,8-11H2,1H3/t13-,14+/m0/s1. The zero-order chi connectivity index (χ0) is 15.2. The van der Waals surface area contributed by atoms with Crippen LogP contribution in [0.25, 0.3) is 0 Å². The zero-order valence-corrected chi connectivity index (χ0v) is 12.2. The average Bonchev–Trinajstić information content (AvgIpc) is 2.97. The lowest BCUT2D eigenvalue weighted by molar-refractivity contribution is -0.126. The number of carbonyl (C=O) groups is 2. The summed E-state index contributed by atoms with van der Waals surface area (Å²) in [5.41, 5.74) is 0.931. The highest BCUT2D eigenvalue weighted by atomic mass is 16.6. The number of ketones is 1. The van der Waals surface area contributed by atoms with Gasteiger partial charge in [-0.2, -0.15) is 0 Å². The Bertz CT molecular complexity index is 488. The van der Waals surface area contributed by atoms with E-state index in [-0.39, 0.29) is 24.2 Å². The van der Waals surface area contributed by atoms with Crippen LogP contribution in [0.15, 0.2) is 30.3 Å². The number of aliphatic hydroxyl groups excluding tert-OH is 1. The molecule has 1 fully saturated rings.